The molecule has 0 radical (unpaired) electrons. The molecule has 0 aliphatic carbocycles. The van der Waals surface area contributed by atoms with E-state index in [0.29, 0.717) is 11.1 Å². The first-order valence-corrected chi connectivity index (χ1v) is 13.1. The lowest BCUT2D eigenvalue weighted by Gasteiger charge is -2.38. The molecule has 1 fully saturated rings. The topological polar surface area (TPSA) is 133 Å². The Morgan fingerprint density at radius 2 is 1.18 bits per heavy atom. The standard InChI is InChI=1S/C21H26N4O6S2/c1-15-14-24(32(28,29)18-8-4-16(5-9-18)20(26)22-2)12-13-25(15)33(30,31)19-10-6-17(7-11-19)21(27)23-3/h4-11,15H,12-14H2,1-3H3,(H,22,26)(H,23,27). The second-order valence-corrected chi connectivity index (χ2v) is 11.4. The SMILES string of the molecule is CNC(=O)c1ccc(S(=O)(=O)N2CCN(S(=O)(=O)c3ccc(C(=O)NC)cc3)C(C)C2)cc1. The fraction of sp³-hybridized carbons (Fsp3) is 0.333. The van der Waals surface area contributed by atoms with Crippen LogP contribution in [0.25, 0.3) is 0 Å². The third-order valence-electron chi connectivity index (χ3n) is 5.46. The van der Waals surface area contributed by atoms with Crippen LogP contribution in [0.15, 0.2) is 58.3 Å². The molecule has 2 amide bonds. The Morgan fingerprint density at radius 1 is 0.758 bits per heavy atom. The van der Waals surface area contributed by atoms with Crippen LogP contribution in [0.3, 0.4) is 0 Å². The van der Waals surface area contributed by atoms with Crippen molar-refractivity contribution in [2.24, 2.45) is 0 Å². The summed E-state index contributed by atoms with van der Waals surface area (Å²) in [5, 5.41) is 4.94. The number of amides is 2. The quantitative estimate of drug-likeness (QED) is 0.601. The molecule has 1 saturated heterocycles. The van der Waals surface area contributed by atoms with Crippen molar-refractivity contribution in [2.75, 3.05) is 33.7 Å². The van der Waals surface area contributed by atoms with Crippen LogP contribution in [0, 0.1) is 0 Å². The van der Waals surface area contributed by atoms with Gasteiger partial charge in [0.2, 0.25) is 20.0 Å². The van der Waals surface area contributed by atoms with Crippen LogP contribution < -0.4 is 10.6 Å². The third-order valence-corrected chi connectivity index (χ3v) is 9.37. The molecular formula is C21H26N4O6S2. The van der Waals surface area contributed by atoms with Crippen LogP contribution in [0.4, 0.5) is 0 Å². The van der Waals surface area contributed by atoms with Crippen LogP contribution in [-0.4, -0.2) is 77.0 Å². The minimum atomic E-state index is -3.88. The van der Waals surface area contributed by atoms with Gasteiger partial charge in [0.05, 0.1) is 9.79 Å². The second kappa shape index (κ2) is 9.59. The molecule has 12 heteroatoms. The van der Waals surface area contributed by atoms with Gasteiger partial charge in [-0.15, -0.1) is 0 Å². The maximum Gasteiger partial charge on any atom is 0.251 e. The average Bonchev–Trinajstić information content (AvgIpc) is 2.82. The van der Waals surface area contributed by atoms with Gasteiger partial charge in [-0.25, -0.2) is 16.8 Å². The summed E-state index contributed by atoms with van der Waals surface area (Å²) >= 11 is 0. The molecule has 2 aromatic rings. The summed E-state index contributed by atoms with van der Waals surface area (Å²) in [5.41, 5.74) is 0.672. The number of benzene rings is 2. The second-order valence-electron chi connectivity index (χ2n) is 7.53. The average molecular weight is 495 g/mol. The molecule has 0 spiro atoms. The predicted octanol–water partition coefficient (Wildman–Crippen LogP) is 0.490. The first-order chi connectivity index (χ1) is 15.5. The molecular weight excluding hydrogens is 468 g/mol. The first-order valence-electron chi connectivity index (χ1n) is 10.2. The summed E-state index contributed by atoms with van der Waals surface area (Å²) < 4.78 is 54.9. The molecule has 0 bridgehead atoms. The number of sulfonamides is 2. The van der Waals surface area contributed by atoms with Crippen LogP contribution in [0.2, 0.25) is 0 Å². The zero-order valence-electron chi connectivity index (χ0n) is 18.5. The maximum absolute atomic E-state index is 13.1. The highest BCUT2D eigenvalue weighted by molar-refractivity contribution is 7.89. The van der Waals surface area contributed by atoms with Crippen molar-refractivity contribution in [3.05, 3.63) is 59.7 Å². The van der Waals surface area contributed by atoms with Gasteiger partial charge in [0, 0.05) is 50.9 Å². The molecule has 2 N–H and O–H groups in total. The Balaban J connectivity index is 1.77. The van der Waals surface area contributed by atoms with Crippen molar-refractivity contribution in [3.8, 4) is 0 Å². The van der Waals surface area contributed by atoms with Crippen LogP contribution in [0.5, 0.6) is 0 Å². The van der Waals surface area contributed by atoms with E-state index in [9.17, 15) is 26.4 Å². The van der Waals surface area contributed by atoms with Gasteiger partial charge in [-0.3, -0.25) is 9.59 Å². The van der Waals surface area contributed by atoms with E-state index in [1.54, 1.807) is 6.92 Å². The minimum Gasteiger partial charge on any atom is -0.355 e. The van der Waals surface area contributed by atoms with Gasteiger partial charge >= 0.3 is 0 Å². The molecule has 0 saturated carbocycles. The van der Waals surface area contributed by atoms with Gasteiger partial charge in [-0.2, -0.15) is 8.61 Å². The fourth-order valence-corrected chi connectivity index (χ4v) is 6.74. The summed E-state index contributed by atoms with van der Waals surface area (Å²) in [6, 6.07) is 10.6. The Kier molecular flexibility index (Phi) is 7.22. The summed E-state index contributed by atoms with van der Waals surface area (Å²) in [6.45, 7) is 1.59. The van der Waals surface area contributed by atoms with Gasteiger partial charge in [-0.05, 0) is 55.5 Å². The van der Waals surface area contributed by atoms with Crippen molar-refractivity contribution in [1.29, 1.82) is 0 Å². The van der Waals surface area contributed by atoms with Crippen molar-refractivity contribution in [1.82, 2.24) is 19.2 Å². The largest absolute Gasteiger partial charge is 0.355 e. The molecule has 1 atom stereocenters. The molecule has 3 rings (SSSR count). The third kappa shape index (κ3) is 4.93. The monoisotopic (exact) mass is 494 g/mol. The molecule has 178 valence electrons. The van der Waals surface area contributed by atoms with E-state index in [-0.39, 0.29) is 41.2 Å². The van der Waals surface area contributed by atoms with Crippen molar-refractivity contribution < 1.29 is 26.4 Å². The van der Waals surface area contributed by atoms with Gasteiger partial charge in [0.1, 0.15) is 0 Å². The number of piperazine rings is 1. The van der Waals surface area contributed by atoms with Crippen molar-refractivity contribution in [2.45, 2.75) is 22.8 Å². The Bertz CT molecular complexity index is 1240. The zero-order valence-corrected chi connectivity index (χ0v) is 20.1. The number of nitrogens with one attached hydrogen (secondary N) is 2. The number of carbonyl (C=O) groups is 2. The predicted molar refractivity (Wildman–Crippen MR) is 122 cm³/mol. The lowest BCUT2D eigenvalue weighted by Crippen LogP contribution is -2.55. The lowest BCUT2D eigenvalue weighted by atomic mass is 10.2. The number of carbonyl (C=O) groups excluding carboxylic acids is 2. The Hall–Kier alpha value is -2.80. The van der Waals surface area contributed by atoms with Gasteiger partial charge in [0.25, 0.3) is 11.8 Å². The zero-order chi connectivity index (χ0) is 24.4. The van der Waals surface area contributed by atoms with Crippen LogP contribution in [-0.2, 0) is 20.0 Å². The molecule has 10 nitrogen and oxygen atoms in total. The number of hydrogen-bond donors (Lipinski definition) is 2. The first kappa shape index (κ1) is 24.8. The van der Waals surface area contributed by atoms with E-state index in [2.05, 4.69) is 10.6 Å². The highest BCUT2D eigenvalue weighted by Gasteiger charge is 2.38. The van der Waals surface area contributed by atoms with E-state index in [1.807, 2.05) is 0 Å². The molecule has 0 aromatic heterocycles. The highest BCUT2D eigenvalue weighted by Crippen LogP contribution is 2.25. The number of hydrogen-bond acceptors (Lipinski definition) is 6. The number of nitrogens with zero attached hydrogens (tertiary/aromatic N) is 2. The van der Waals surface area contributed by atoms with Crippen LogP contribution in [0.1, 0.15) is 27.6 Å². The number of rotatable bonds is 6. The molecule has 1 heterocycles. The smallest absolute Gasteiger partial charge is 0.251 e. The minimum absolute atomic E-state index is 0.0145. The van der Waals surface area contributed by atoms with E-state index in [4.69, 9.17) is 0 Å². The Morgan fingerprint density at radius 3 is 1.58 bits per heavy atom. The van der Waals surface area contributed by atoms with Crippen molar-refractivity contribution in [3.63, 3.8) is 0 Å². The fourth-order valence-electron chi connectivity index (χ4n) is 3.61. The van der Waals surface area contributed by atoms with Gasteiger partial charge < -0.3 is 10.6 Å². The highest BCUT2D eigenvalue weighted by atomic mass is 32.2. The lowest BCUT2D eigenvalue weighted by molar-refractivity contribution is 0.0955. The molecule has 1 aliphatic heterocycles. The summed E-state index contributed by atoms with van der Waals surface area (Å²) in [4.78, 5) is 23.4. The normalized spacial score (nSPS) is 18.0. The van der Waals surface area contributed by atoms with E-state index >= 15 is 0 Å². The molecule has 2 aromatic carbocycles. The van der Waals surface area contributed by atoms with Gasteiger partial charge in [-0.1, -0.05) is 0 Å². The summed E-state index contributed by atoms with van der Waals surface area (Å²) in [5.74, 6) is -0.649. The summed E-state index contributed by atoms with van der Waals surface area (Å²) in [7, 11) is -4.77. The molecule has 33 heavy (non-hydrogen) atoms. The summed E-state index contributed by atoms with van der Waals surface area (Å²) in [6.07, 6.45) is 0. The Labute approximate surface area is 193 Å². The van der Waals surface area contributed by atoms with Gasteiger partial charge in [0.15, 0.2) is 0 Å². The van der Waals surface area contributed by atoms with Crippen LogP contribution >= 0.6 is 0 Å². The van der Waals surface area contributed by atoms with E-state index < -0.39 is 26.1 Å². The van der Waals surface area contributed by atoms with Crippen molar-refractivity contribution >= 4 is 31.9 Å². The van der Waals surface area contributed by atoms with E-state index in [1.165, 1.54) is 71.2 Å². The molecule has 1 aliphatic rings. The maximum atomic E-state index is 13.1. The van der Waals surface area contributed by atoms with E-state index in [0.717, 1.165) is 0 Å². The molecule has 1 unspecified atom stereocenters.